The van der Waals surface area contributed by atoms with Crippen LogP contribution in [0.5, 0.6) is 0 Å². The van der Waals surface area contributed by atoms with Gasteiger partial charge in [0.1, 0.15) is 5.60 Å². The van der Waals surface area contributed by atoms with E-state index < -0.39 is 11.7 Å². The van der Waals surface area contributed by atoms with Gasteiger partial charge in [0.05, 0.1) is 0 Å². The molecule has 1 aromatic carbocycles. The predicted molar refractivity (Wildman–Crippen MR) is 82.7 cm³/mol. The molecule has 0 aliphatic carbocycles. The van der Waals surface area contributed by atoms with Crippen molar-refractivity contribution in [2.75, 3.05) is 0 Å². The van der Waals surface area contributed by atoms with Crippen LogP contribution in [0.4, 0.5) is 4.79 Å². The van der Waals surface area contributed by atoms with E-state index in [2.05, 4.69) is 10.3 Å². The Balaban J connectivity index is 2.01. The molecule has 1 N–H and O–H groups in total. The molecule has 1 heterocycles. The standard InChI is InChI=1S/C17H20N2O2/c1-17(2,3)21-16(20)19-12-13-5-4-6-15(11-13)14-7-9-18-10-8-14/h4-11H,12H2,1-3H3,(H,19,20). The topological polar surface area (TPSA) is 51.2 Å². The summed E-state index contributed by atoms with van der Waals surface area (Å²) in [6.07, 6.45) is 3.12. The van der Waals surface area contributed by atoms with Gasteiger partial charge in [0.25, 0.3) is 0 Å². The van der Waals surface area contributed by atoms with E-state index in [1.54, 1.807) is 12.4 Å². The van der Waals surface area contributed by atoms with Crippen molar-refractivity contribution >= 4 is 6.09 Å². The van der Waals surface area contributed by atoms with Gasteiger partial charge in [0, 0.05) is 18.9 Å². The average molecular weight is 284 g/mol. The maximum absolute atomic E-state index is 11.6. The number of alkyl carbamates (subject to hydrolysis) is 1. The van der Waals surface area contributed by atoms with Gasteiger partial charge < -0.3 is 10.1 Å². The van der Waals surface area contributed by atoms with Crippen molar-refractivity contribution in [2.24, 2.45) is 0 Å². The molecule has 1 amide bonds. The summed E-state index contributed by atoms with van der Waals surface area (Å²) >= 11 is 0. The van der Waals surface area contributed by atoms with Crippen molar-refractivity contribution in [2.45, 2.75) is 32.9 Å². The number of hydrogen-bond acceptors (Lipinski definition) is 3. The lowest BCUT2D eigenvalue weighted by molar-refractivity contribution is 0.0523. The minimum absolute atomic E-state index is 0.406. The van der Waals surface area contributed by atoms with E-state index >= 15 is 0 Å². The fraction of sp³-hybridized carbons (Fsp3) is 0.294. The molecule has 1 aromatic heterocycles. The number of amides is 1. The van der Waals surface area contributed by atoms with Gasteiger partial charge in [-0.3, -0.25) is 4.98 Å². The summed E-state index contributed by atoms with van der Waals surface area (Å²) in [6.45, 7) is 5.97. The van der Waals surface area contributed by atoms with Crippen LogP contribution in [0.2, 0.25) is 0 Å². The Morgan fingerprint density at radius 1 is 1.14 bits per heavy atom. The highest BCUT2D eigenvalue weighted by Gasteiger charge is 2.15. The minimum atomic E-state index is -0.483. The van der Waals surface area contributed by atoms with Gasteiger partial charge in [0.2, 0.25) is 0 Å². The molecular formula is C17H20N2O2. The number of aromatic nitrogens is 1. The summed E-state index contributed by atoms with van der Waals surface area (Å²) < 4.78 is 5.22. The van der Waals surface area contributed by atoms with Gasteiger partial charge in [-0.2, -0.15) is 0 Å². The second kappa shape index (κ2) is 6.39. The lowest BCUT2D eigenvalue weighted by Crippen LogP contribution is -2.32. The quantitative estimate of drug-likeness (QED) is 0.933. The molecule has 0 saturated heterocycles. The third-order valence-electron chi connectivity index (χ3n) is 2.78. The number of benzene rings is 1. The second-order valence-electron chi connectivity index (χ2n) is 5.79. The molecule has 2 aromatic rings. The smallest absolute Gasteiger partial charge is 0.407 e. The first-order chi connectivity index (χ1) is 9.94. The number of pyridine rings is 1. The van der Waals surface area contributed by atoms with E-state index in [1.165, 1.54) is 0 Å². The predicted octanol–water partition coefficient (Wildman–Crippen LogP) is 3.77. The van der Waals surface area contributed by atoms with E-state index in [0.717, 1.165) is 16.7 Å². The summed E-state index contributed by atoms with van der Waals surface area (Å²) in [5.74, 6) is 0. The highest BCUT2D eigenvalue weighted by Crippen LogP contribution is 2.19. The average Bonchev–Trinajstić information content (AvgIpc) is 2.45. The van der Waals surface area contributed by atoms with E-state index in [0.29, 0.717) is 6.54 Å². The largest absolute Gasteiger partial charge is 0.444 e. The fourth-order valence-corrected chi connectivity index (χ4v) is 1.89. The van der Waals surface area contributed by atoms with Crippen LogP contribution in [0.25, 0.3) is 11.1 Å². The van der Waals surface area contributed by atoms with Gasteiger partial charge in [-0.1, -0.05) is 18.2 Å². The zero-order valence-corrected chi connectivity index (χ0v) is 12.6. The van der Waals surface area contributed by atoms with Gasteiger partial charge in [-0.05, 0) is 55.7 Å². The van der Waals surface area contributed by atoms with Crippen molar-refractivity contribution in [3.8, 4) is 11.1 Å². The SMILES string of the molecule is CC(C)(C)OC(=O)NCc1cccc(-c2ccncc2)c1. The number of carbonyl (C=O) groups is 1. The zero-order chi connectivity index (χ0) is 15.3. The van der Waals surface area contributed by atoms with Crippen LogP contribution < -0.4 is 5.32 Å². The van der Waals surface area contributed by atoms with Crippen LogP contribution in [0.15, 0.2) is 48.8 Å². The number of hydrogen-bond donors (Lipinski definition) is 1. The van der Waals surface area contributed by atoms with E-state index in [4.69, 9.17) is 4.74 Å². The summed E-state index contributed by atoms with van der Waals surface area (Å²) in [5, 5.41) is 2.76. The third-order valence-corrected chi connectivity index (χ3v) is 2.78. The molecule has 2 rings (SSSR count). The van der Waals surface area contributed by atoms with E-state index in [9.17, 15) is 4.79 Å². The number of rotatable bonds is 3. The first-order valence-corrected chi connectivity index (χ1v) is 6.90. The summed E-state index contributed by atoms with van der Waals surface area (Å²) in [4.78, 5) is 15.7. The van der Waals surface area contributed by atoms with Gasteiger partial charge >= 0.3 is 6.09 Å². The Morgan fingerprint density at radius 2 is 1.86 bits per heavy atom. The molecule has 0 atom stereocenters. The minimum Gasteiger partial charge on any atom is -0.444 e. The Labute approximate surface area is 125 Å². The third kappa shape index (κ3) is 4.91. The highest BCUT2D eigenvalue weighted by atomic mass is 16.6. The summed E-state index contributed by atoms with van der Waals surface area (Å²) in [7, 11) is 0. The van der Waals surface area contributed by atoms with Crippen LogP contribution in [0, 0.1) is 0 Å². The lowest BCUT2D eigenvalue weighted by atomic mass is 10.0. The highest BCUT2D eigenvalue weighted by molar-refractivity contribution is 5.68. The van der Waals surface area contributed by atoms with Crippen molar-refractivity contribution in [1.82, 2.24) is 10.3 Å². The molecule has 0 radical (unpaired) electrons. The molecule has 0 aliphatic heterocycles. The Hall–Kier alpha value is -2.36. The van der Waals surface area contributed by atoms with Crippen molar-refractivity contribution in [3.63, 3.8) is 0 Å². The van der Waals surface area contributed by atoms with E-state index in [1.807, 2.05) is 57.2 Å². The molecule has 0 bridgehead atoms. The molecule has 4 nitrogen and oxygen atoms in total. The normalized spacial score (nSPS) is 11.0. The molecule has 110 valence electrons. The van der Waals surface area contributed by atoms with Crippen LogP contribution in [0.1, 0.15) is 26.3 Å². The van der Waals surface area contributed by atoms with Crippen LogP contribution in [0.3, 0.4) is 0 Å². The monoisotopic (exact) mass is 284 g/mol. The molecule has 0 saturated carbocycles. The van der Waals surface area contributed by atoms with Crippen molar-refractivity contribution in [3.05, 3.63) is 54.4 Å². The number of ether oxygens (including phenoxy) is 1. The maximum Gasteiger partial charge on any atom is 0.407 e. The van der Waals surface area contributed by atoms with Gasteiger partial charge in [-0.15, -0.1) is 0 Å². The van der Waals surface area contributed by atoms with Crippen LogP contribution in [-0.2, 0) is 11.3 Å². The van der Waals surface area contributed by atoms with Crippen molar-refractivity contribution in [1.29, 1.82) is 0 Å². The maximum atomic E-state index is 11.6. The van der Waals surface area contributed by atoms with Gasteiger partial charge in [0.15, 0.2) is 0 Å². The van der Waals surface area contributed by atoms with Gasteiger partial charge in [-0.25, -0.2) is 4.79 Å². The van der Waals surface area contributed by atoms with Crippen LogP contribution in [-0.4, -0.2) is 16.7 Å². The molecule has 0 fully saturated rings. The van der Waals surface area contributed by atoms with E-state index in [-0.39, 0.29) is 0 Å². The molecule has 4 heteroatoms. The molecule has 0 unspecified atom stereocenters. The first kappa shape index (κ1) is 15.0. The van der Waals surface area contributed by atoms with Crippen molar-refractivity contribution < 1.29 is 9.53 Å². The zero-order valence-electron chi connectivity index (χ0n) is 12.6. The Bertz CT molecular complexity index is 604. The lowest BCUT2D eigenvalue weighted by Gasteiger charge is -2.19. The number of nitrogens with one attached hydrogen (secondary N) is 1. The summed E-state index contributed by atoms with van der Waals surface area (Å²) in [6, 6.07) is 11.9. The van der Waals surface area contributed by atoms with Crippen LogP contribution >= 0.6 is 0 Å². The molecule has 0 spiro atoms. The molecule has 21 heavy (non-hydrogen) atoms. The second-order valence-corrected chi connectivity index (χ2v) is 5.79. The number of carbonyl (C=O) groups excluding carboxylic acids is 1. The fourth-order valence-electron chi connectivity index (χ4n) is 1.89. The Morgan fingerprint density at radius 3 is 2.52 bits per heavy atom. The molecular weight excluding hydrogens is 264 g/mol. The summed E-state index contributed by atoms with van der Waals surface area (Å²) in [5.41, 5.74) is 2.74. The number of nitrogens with zero attached hydrogens (tertiary/aromatic N) is 1. The Kier molecular flexibility index (Phi) is 4.58. The first-order valence-electron chi connectivity index (χ1n) is 6.90. The molecule has 0 aliphatic rings.